The quantitative estimate of drug-likeness (QED) is 0.861. The van der Waals surface area contributed by atoms with Gasteiger partial charge in [0.25, 0.3) is 0 Å². The zero-order chi connectivity index (χ0) is 16.2. The molecule has 130 valence electrons. The Morgan fingerprint density at radius 2 is 1.57 bits per heavy atom. The van der Waals surface area contributed by atoms with Crippen LogP contribution in [0.1, 0.15) is 57.8 Å². The number of carbonyl (C=O) groups excluding carboxylic acids is 2. The van der Waals surface area contributed by atoms with E-state index < -0.39 is 0 Å². The number of carbonyl (C=O) groups is 2. The van der Waals surface area contributed by atoms with Gasteiger partial charge in [-0.3, -0.25) is 9.59 Å². The molecular weight excluding hydrogens is 290 g/mol. The molecule has 2 N–H and O–H groups in total. The summed E-state index contributed by atoms with van der Waals surface area (Å²) < 4.78 is 0. The smallest absolute Gasteiger partial charge is 0.225 e. The van der Waals surface area contributed by atoms with Gasteiger partial charge < -0.3 is 15.5 Å². The van der Waals surface area contributed by atoms with Crippen LogP contribution in [0.4, 0.5) is 0 Å². The van der Waals surface area contributed by atoms with Gasteiger partial charge in [0.2, 0.25) is 11.8 Å². The van der Waals surface area contributed by atoms with Crippen molar-refractivity contribution >= 4 is 11.8 Å². The van der Waals surface area contributed by atoms with Crippen LogP contribution in [0.5, 0.6) is 0 Å². The fraction of sp³-hybridized carbons (Fsp3) is 0.889. The van der Waals surface area contributed by atoms with Crippen LogP contribution in [-0.4, -0.2) is 53.8 Å². The molecule has 3 aliphatic rings. The highest BCUT2D eigenvalue weighted by molar-refractivity contribution is 5.79. The minimum absolute atomic E-state index is 0.140. The molecule has 1 aliphatic carbocycles. The van der Waals surface area contributed by atoms with E-state index in [1.807, 2.05) is 9.80 Å². The average Bonchev–Trinajstić information content (AvgIpc) is 3.09. The molecule has 2 unspecified atom stereocenters. The number of hydrogen-bond acceptors (Lipinski definition) is 3. The maximum absolute atomic E-state index is 12.6. The van der Waals surface area contributed by atoms with E-state index in [1.54, 1.807) is 0 Å². The maximum atomic E-state index is 12.6. The molecule has 1 saturated carbocycles. The van der Waals surface area contributed by atoms with Crippen LogP contribution < -0.4 is 5.73 Å². The van der Waals surface area contributed by atoms with Crippen molar-refractivity contribution in [2.75, 3.05) is 26.2 Å². The van der Waals surface area contributed by atoms with Crippen LogP contribution in [0.25, 0.3) is 0 Å². The lowest BCUT2D eigenvalue weighted by Gasteiger charge is -2.36. The molecule has 5 heteroatoms. The maximum Gasteiger partial charge on any atom is 0.225 e. The van der Waals surface area contributed by atoms with Crippen molar-refractivity contribution in [1.29, 1.82) is 0 Å². The molecule has 3 fully saturated rings. The molecule has 2 amide bonds. The van der Waals surface area contributed by atoms with Crippen molar-refractivity contribution in [2.24, 2.45) is 17.6 Å². The Morgan fingerprint density at radius 1 is 0.870 bits per heavy atom. The molecule has 2 heterocycles. The average molecular weight is 321 g/mol. The zero-order valence-corrected chi connectivity index (χ0v) is 14.2. The summed E-state index contributed by atoms with van der Waals surface area (Å²) in [6.07, 6.45) is 8.93. The molecule has 0 aromatic carbocycles. The van der Waals surface area contributed by atoms with E-state index in [-0.39, 0.29) is 12.0 Å². The van der Waals surface area contributed by atoms with Crippen LogP contribution in [0.2, 0.25) is 0 Å². The fourth-order valence-corrected chi connectivity index (χ4v) is 4.41. The Balaban J connectivity index is 1.42. The van der Waals surface area contributed by atoms with Gasteiger partial charge in [-0.1, -0.05) is 6.42 Å². The molecule has 0 aromatic heterocycles. The van der Waals surface area contributed by atoms with Gasteiger partial charge in [0.1, 0.15) is 0 Å². The second kappa shape index (κ2) is 7.65. The minimum atomic E-state index is 0.140. The van der Waals surface area contributed by atoms with E-state index in [9.17, 15) is 9.59 Å². The highest BCUT2D eigenvalue weighted by Crippen LogP contribution is 2.28. The number of likely N-dealkylation sites (tertiary alicyclic amines) is 2. The monoisotopic (exact) mass is 321 g/mol. The van der Waals surface area contributed by atoms with E-state index in [4.69, 9.17) is 5.73 Å². The second-order valence-electron chi connectivity index (χ2n) is 7.68. The fourth-order valence-electron chi connectivity index (χ4n) is 4.41. The summed E-state index contributed by atoms with van der Waals surface area (Å²) in [6, 6.07) is 0.202. The lowest BCUT2D eigenvalue weighted by molar-refractivity contribution is -0.138. The highest BCUT2D eigenvalue weighted by atomic mass is 16.2. The molecule has 0 bridgehead atoms. The molecule has 23 heavy (non-hydrogen) atoms. The van der Waals surface area contributed by atoms with Gasteiger partial charge in [-0.15, -0.1) is 0 Å². The van der Waals surface area contributed by atoms with E-state index in [0.29, 0.717) is 24.2 Å². The number of piperidine rings is 1. The number of nitrogens with two attached hydrogens (primary N) is 1. The summed E-state index contributed by atoms with van der Waals surface area (Å²) in [4.78, 5) is 28.9. The van der Waals surface area contributed by atoms with Crippen molar-refractivity contribution < 1.29 is 9.59 Å². The molecule has 3 rings (SSSR count). The van der Waals surface area contributed by atoms with E-state index >= 15 is 0 Å². The molecule has 5 nitrogen and oxygen atoms in total. The van der Waals surface area contributed by atoms with Gasteiger partial charge in [-0.2, -0.15) is 0 Å². The first-order chi connectivity index (χ1) is 11.1. The van der Waals surface area contributed by atoms with Crippen molar-refractivity contribution in [3.63, 3.8) is 0 Å². The molecular formula is C18H31N3O2. The predicted octanol–water partition coefficient (Wildman–Crippen LogP) is 1.75. The third kappa shape index (κ3) is 4.25. The number of hydrogen-bond donors (Lipinski definition) is 1. The van der Waals surface area contributed by atoms with E-state index in [0.717, 1.165) is 77.5 Å². The first kappa shape index (κ1) is 16.7. The third-order valence-electron chi connectivity index (χ3n) is 5.91. The standard InChI is InChI=1S/C18H31N3O2/c19-16-5-3-4-15(13-16)18(23)21-10-6-14(7-11-21)12-17(22)20-8-1-2-9-20/h14-16H,1-13,19H2. The largest absolute Gasteiger partial charge is 0.343 e. The highest BCUT2D eigenvalue weighted by Gasteiger charge is 2.32. The van der Waals surface area contributed by atoms with Gasteiger partial charge in [0.15, 0.2) is 0 Å². The van der Waals surface area contributed by atoms with Crippen LogP contribution in [0.15, 0.2) is 0 Å². The van der Waals surface area contributed by atoms with E-state index in [1.165, 1.54) is 0 Å². The summed E-state index contributed by atoms with van der Waals surface area (Å²) in [5.74, 6) is 1.23. The first-order valence-corrected chi connectivity index (χ1v) is 9.45. The van der Waals surface area contributed by atoms with Gasteiger partial charge >= 0.3 is 0 Å². The van der Waals surface area contributed by atoms with Crippen LogP contribution in [0.3, 0.4) is 0 Å². The molecule has 2 saturated heterocycles. The summed E-state index contributed by atoms with van der Waals surface area (Å²) in [7, 11) is 0. The predicted molar refractivity (Wildman–Crippen MR) is 89.7 cm³/mol. The zero-order valence-electron chi connectivity index (χ0n) is 14.2. The lowest BCUT2D eigenvalue weighted by atomic mass is 9.84. The van der Waals surface area contributed by atoms with Crippen molar-refractivity contribution in [3.05, 3.63) is 0 Å². The van der Waals surface area contributed by atoms with Gasteiger partial charge in [-0.05, 0) is 50.9 Å². The lowest BCUT2D eigenvalue weighted by Crippen LogP contribution is -2.44. The number of rotatable bonds is 3. The van der Waals surface area contributed by atoms with Gasteiger partial charge in [0.05, 0.1) is 0 Å². The van der Waals surface area contributed by atoms with Crippen LogP contribution in [0, 0.1) is 11.8 Å². The Bertz CT molecular complexity index is 426. The Labute approximate surface area is 139 Å². The molecule has 2 aliphatic heterocycles. The van der Waals surface area contributed by atoms with Crippen LogP contribution >= 0.6 is 0 Å². The SMILES string of the molecule is NC1CCCC(C(=O)N2CCC(CC(=O)N3CCCC3)CC2)C1. The molecule has 0 radical (unpaired) electrons. The van der Waals surface area contributed by atoms with Crippen LogP contribution in [-0.2, 0) is 9.59 Å². The second-order valence-corrected chi connectivity index (χ2v) is 7.68. The van der Waals surface area contributed by atoms with Crippen molar-refractivity contribution in [2.45, 2.75) is 63.8 Å². The Morgan fingerprint density at radius 3 is 2.22 bits per heavy atom. The Hall–Kier alpha value is -1.10. The first-order valence-electron chi connectivity index (χ1n) is 9.45. The molecule has 2 atom stereocenters. The Kier molecular flexibility index (Phi) is 5.57. The topological polar surface area (TPSA) is 66.6 Å². The summed E-state index contributed by atoms with van der Waals surface area (Å²) in [6.45, 7) is 3.53. The normalized spacial score (nSPS) is 29.8. The summed E-state index contributed by atoms with van der Waals surface area (Å²) in [5, 5.41) is 0. The van der Waals surface area contributed by atoms with Gasteiger partial charge in [0, 0.05) is 44.6 Å². The molecule has 0 aromatic rings. The summed E-state index contributed by atoms with van der Waals surface area (Å²) in [5.41, 5.74) is 6.02. The van der Waals surface area contributed by atoms with E-state index in [2.05, 4.69) is 0 Å². The molecule has 0 spiro atoms. The number of nitrogens with zero attached hydrogens (tertiary/aromatic N) is 2. The minimum Gasteiger partial charge on any atom is -0.343 e. The van der Waals surface area contributed by atoms with Crippen molar-refractivity contribution in [1.82, 2.24) is 9.80 Å². The number of amides is 2. The summed E-state index contributed by atoms with van der Waals surface area (Å²) >= 11 is 0. The van der Waals surface area contributed by atoms with Crippen molar-refractivity contribution in [3.8, 4) is 0 Å². The third-order valence-corrected chi connectivity index (χ3v) is 5.91. The van der Waals surface area contributed by atoms with Gasteiger partial charge in [-0.25, -0.2) is 0 Å².